The number of esters is 2. The molecule has 0 aliphatic carbocycles. The molecule has 10 heteroatoms. The van der Waals surface area contributed by atoms with Crippen LogP contribution < -0.4 is 20.7 Å². The Balaban J connectivity index is 1.90. The lowest BCUT2D eigenvalue weighted by molar-refractivity contribution is -0.142. The number of nitrogens with one attached hydrogen (secondary N) is 3. The standard InChI is InChI=1S/C18H21N3O7/c1-3-27-17(24)13-8-20-18(25)21-14(13)10-28-15(22)9-19-16(23)11-5-4-6-12(7-11)26-2/h4-7H,3,8-10H2,1-2H3,(H,19,23)(H2,20,21,25). The largest absolute Gasteiger partial charge is 0.497 e. The van der Waals surface area contributed by atoms with Crippen LogP contribution in [0.3, 0.4) is 0 Å². The van der Waals surface area contributed by atoms with Crippen molar-refractivity contribution in [3.63, 3.8) is 0 Å². The van der Waals surface area contributed by atoms with Crippen LogP contribution in [0, 0.1) is 0 Å². The Labute approximate surface area is 161 Å². The third-order valence-corrected chi connectivity index (χ3v) is 3.68. The van der Waals surface area contributed by atoms with Gasteiger partial charge in [-0.15, -0.1) is 0 Å². The van der Waals surface area contributed by atoms with Gasteiger partial charge in [-0.2, -0.15) is 0 Å². The van der Waals surface area contributed by atoms with Crippen LogP contribution in [0.5, 0.6) is 5.75 Å². The molecule has 0 saturated heterocycles. The molecule has 1 heterocycles. The first-order chi connectivity index (χ1) is 13.4. The van der Waals surface area contributed by atoms with Gasteiger partial charge in [-0.25, -0.2) is 9.59 Å². The smallest absolute Gasteiger partial charge is 0.337 e. The molecule has 0 bridgehead atoms. The molecule has 28 heavy (non-hydrogen) atoms. The molecule has 0 spiro atoms. The Morgan fingerprint density at radius 1 is 1.21 bits per heavy atom. The third-order valence-electron chi connectivity index (χ3n) is 3.68. The molecule has 1 aromatic carbocycles. The molecule has 3 N–H and O–H groups in total. The van der Waals surface area contributed by atoms with Gasteiger partial charge in [0, 0.05) is 5.56 Å². The van der Waals surface area contributed by atoms with E-state index in [0.717, 1.165) is 0 Å². The van der Waals surface area contributed by atoms with E-state index in [9.17, 15) is 19.2 Å². The zero-order valence-electron chi connectivity index (χ0n) is 15.5. The normalized spacial score (nSPS) is 13.1. The van der Waals surface area contributed by atoms with Crippen LogP contribution in [0.25, 0.3) is 0 Å². The second kappa shape index (κ2) is 9.95. The number of rotatable bonds is 8. The van der Waals surface area contributed by atoms with Crippen LogP contribution in [-0.2, 0) is 19.1 Å². The fourth-order valence-corrected chi connectivity index (χ4v) is 2.29. The van der Waals surface area contributed by atoms with E-state index in [1.807, 2.05) is 0 Å². The molecule has 150 valence electrons. The van der Waals surface area contributed by atoms with Crippen molar-refractivity contribution in [3.8, 4) is 5.75 Å². The number of ether oxygens (including phenoxy) is 3. The predicted octanol–water partition coefficient (Wildman–Crippen LogP) is 0.0982. The van der Waals surface area contributed by atoms with Crippen molar-refractivity contribution in [2.45, 2.75) is 6.92 Å². The van der Waals surface area contributed by atoms with E-state index in [-0.39, 0.29) is 37.6 Å². The van der Waals surface area contributed by atoms with Crippen molar-refractivity contribution in [2.75, 3.05) is 33.4 Å². The van der Waals surface area contributed by atoms with Gasteiger partial charge >= 0.3 is 18.0 Å². The fraction of sp³-hybridized carbons (Fsp3) is 0.333. The third kappa shape index (κ3) is 5.73. The number of carbonyl (C=O) groups excluding carboxylic acids is 4. The summed E-state index contributed by atoms with van der Waals surface area (Å²) in [5.41, 5.74) is 0.620. The van der Waals surface area contributed by atoms with Crippen molar-refractivity contribution in [1.29, 1.82) is 0 Å². The molecule has 1 aromatic rings. The minimum atomic E-state index is -0.736. The Hall–Kier alpha value is -3.56. The Morgan fingerprint density at radius 2 is 2.00 bits per heavy atom. The van der Waals surface area contributed by atoms with Gasteiger partial charge in [-0.1, -0.05) is 6.07 Å². The fourth-order valence-electron chi connectivity index (χ4n) is 2.29. The lowest BCUT2D eigenvalue weighted by atomic mass is 10.2. The van der Waals surface area contributed by atoms with Gasteiger partial charge < -0.3 is 30.2 Å². The minimum Gasteiger partial charge on any atom is -0.497 e. The molecular weight excluding hydrogens is 370 g/mol. The first-order valence-electron chi connectivity index (χ1n) is 8.46. The summed E-state index contributed by atoms with van der Waals surface area (Å²) >= 11 is 0. The molecule has 0 aromatic heterocycles. The van der Waals surface area contributed by atoms with Gasteiger partial charge in [-0.3, -0.25) is 9.59 Å². The second-order valence-corrected chi connectivity index (χ2v) is 5.56. The Kier molecular flexibility index (Phi) is 7.37. The zero-order valence-corrected chi connectivity index (χ0v) is 15.5. The number of hydrogen-bond donors (Lipinski definition) is 3. The molecule has 0 radical (unpaired) electrons. The van der Waals surface area contributed by atoms with E-state index in [1.54, 1.807) is 25.1 Å². The number of benzene rings is 1. The summed E-state index contributed by atoms with van der Waals surface area (Å²) < 4.78 is 15.0. The number of hydrogen-bond acceptors (Lipinski definition) is 7. The quantitative estimate of drug-likeness (QED) is 0.535. The van der Waals surface area contributed by atoms with Crippen molar-refractivity contribution in [2.24, 2.45) is 0 Å². The molecule has 10 nitrogen and oxygen atoms in total. The zero-order chi connectivity index (χ0) is 20.5. The van der Waals surface area contributed by atoms with Crippen LogP contribution in [0.4, 0.5) is 4.79 Å². The molecule has 0 unspecified atom stereocenters. The van der Waals surface area contributed by atoms with Crippen molar-refractivity contribution in [3.05, 3.63) is 41.1 Å². The van der Waals surface area contributed by atoms with Crippen LogP contribution in [0.2, 0.25) is 0 Å². The topological polar surface area (TPSA) is 132 Å². The van der Waals surface area contributed by atoms with Gasteiger partial charge in [0.2, 0.25) is 0 Å². The first kappa shape index (κ1) is 20.7. The summed E-state index contributed by atoms with van der Waals surface area (Å²) in [6.07, 6.45) is 0. The molecule has 0 fully saturated rings. The molecule has 0 atom stereocenters. The maximum absolute atomic E-state index is 12.1. The second-order valence-electron chi connectivity index (χ2n) is 5.56. The van der Waals surface area contributed by atoms with Crippen molar-refractivity contribution in [1.82, 2.24) is 16.0 Å². The highest BCUT2D eigenvalue weighted by Gasteiger charge is 2.24. The number of amides is 3. The summed E-state index contributed by atoms with van der Waals surface area (Å²) in [5.74, 6) is -1.32. The maximum Gasteiger partial charge on any atom is 0.337 e. The average Bonchev–Trinajstić information content (AvgIpc) is 2.70. The monoisotopic (exact) mass is 391 g/mol. The van der Waals surface area contributed by atoms with Crippen LogP contribution >= 0.6 is 0 Å². The molecule has 1 aliphatic rings. The summed E-state index contributed by atoms with van der Waals surface area (Å²) in [5, 5.41) is 7.28. The van der Waals surface area contributed by atoms with Gasteiger partial charge in [0.15, 0.2) is 0 Å². The highest BCUT2D eigenvalue weighted by atomic mass is 16.5. The average molecular weight is 391 g/mol. The van der Waals surface area contributed by atoms with Crippen LogP contribution in [0.1, 0.15) is 17.3 Å². The van der Waals surface area contributed by atoms with Gasteiger partial charge in [0.25, 0.3) is 5.91 Å². The van der Waals surface area contributed by atoms with E-state index in [2.05, 4.69) is 16.0 Å². The Bertz CT molecular complexity index is 804. The molecule has 3 amide bonds. The minimum absolute atomic E-state index is 0.0376. The van der Waals surface area contributed by atoms with E-state index in [0.29, 0.717) is 11.3 Å². The maximum atomic E-state index is 12.1. The van der Waals surface area contributed by atoms with E-state index < -0.39 is 23.9 Å². The first-order valence-corrected chi connectivity index (χ1v) is 8.46. The summed E-state index contributed by atoms with van der Waals surface area (Å²) in [7, 11) is 1.48. The van der Waals surface area contributed by atoms with Gasteiger partial charge in [0.1, 0.15) is 18.9 Å². The highest BCUT2D eigenvalue weighted by molar-refractivity contribution is 5.96. The Morgan fingerprint density at radius 3 is 2.71 bits per heavy atom. The molecule has 1 aliphatic heterocycles. The lowest BCUT2D eigenvalue weighted by Crippen LogP contribution is -2.45. The van der Waals surface area contributed by atoms with E-state index in [1.165, 1.54) is 13.2 Å². The lowest BCUT2D eigenvalue weighted by Gasteiger charge is -2.21. The molecule has 2 rings (SSSR count). The summed E-state index contributed by atoms with van der Waals surface area (Å²) in [6, 6.07) is 5.92. The van der Waals surface area contributed by atoms with Gasteiger partial charge in [0.05, 0.1) is 31.5 Å². The van der Waals surface area contributed by atoms with E-state index >= 15 is 0 Å². The number of urea groups is 1. The van der Waals surface area contributed by atoms with Crippen LogP contribution in [-0.4, -0.2) is 57.3 Å². The summed E-state index contributed by atoms with van der Waals surface area (Å²) in [4.78, 5) is 47.3. The highest BCUT2D eigenvalue weighted by Crippen LogP contribution is 2.12. The SMILES string of the molecule is CCOC(=O)C1=C(COC(=O)CNC(=O)c2cccc(OC)c2)NC(=O)NC1. The number of carbonyl (C=O) groups is 4. The van der Waals surface area contributed by atoms with Crippen molar-refractivity contribution < 1.29 is 33.4 Å². The van der Waals surface area contributed by atoms with Gasteiger partial charge in [-0.05, 0) is 25.1 Å². The predicted molar refractivity (Wildman–Crippen MR) is 96.5 cm³/mol. The van der Waals surface area contributed by atoms with Crippen molar-refractivity contribution >= 4 is 23.9 Å². The summed E-state index contributed by atoms with van der Waals surface area (Å²) in [6.45, 7) is 1.06. The molecule has 0 saturated carbocycles. The number of methoxy groups -OCH3 is 1. The van der Waals surface area contributed by atoms with Crippen LogP contribution in [0.15, 0.2) is 35.5 Å². The molecular formula is C18H21N3O7. The van der Waals surface area contributed by atoms with E-state index in [4.69, 9.17) is 14.2 Å².